The third-order valence-electron chi connectivity index (χ3n) is 5.19. The molecule has 1 N–H and O–H groups in total. The smallest absolute Gasteiger partial charge is 0.407 e. The van der Waals surface area contributed by atoms with Crippen molar-refractivity contribution in [3.05, 3.63) is 29.8 Å². The van der Waals surface area contributed by atoms with Gasteiger partial charge in [0.2, 0.25) is 0 Å². The number of ether oxygens (including phenoxy) is 1. The number of aryl methyl sites for hydroxylation is 1. The zero-order valence-corrected chi connectivity index (χ0v) is 22.2. The SMILES string of the molecule is Cc1ccc(S(=O)(=O)OC[C@H](CCO[Si](C)(C)C(C)(C)C)NC(=O)OC(C)(C)C)cc1. The third kappa shape index (κ3) is 9.72. The van der Waals surface area contributed by atoms with Gasteiger partial charge in [-0.3, -0.25) is 4.18 Å². The summed E-state index contributed by atoms with van der Waals surface area (Å²) in [5, 5.41) is 2.76. The molecular weight excluding hydrogens is 434 g/mol. The first-order valence-electron chi connectivity index (χ1n) is 10.5. The van der Waals surface area contributed by atoms with Crippen LogP contribution in [0.25, 0.3) is 0 Å². The van der Waals surface area contributed by atoms with Crippen molar-refractivity contribution in [2.75, 3.05) is 13.2 Å². The molecule has 1 rings (SSSR count). The lowest BCUT2D eigenvalue weighted by Gasteiger charge is -2.36. The van der Waals surface area contributed by atoms with Crippen LogP contribution < -0.4 is 5.32 Å². The minimum absolute atomic E-state index is 0.0480. The van der Waals surface area contributed by atoms with Crippen molar-refractivity contribution in [2.45, 2.75) is 89.6 Å². The number of benzene rings is 1. The van der Waals surface area contributed by atoms with Gasteiger partial charge in [0, 0.05) is 6.61 Å². The van der Waals surface area contributed by atoms with Crippen molar-refractivity contribution in [1.82, 2.24) is 5.32 Å². The normalized spacial score (nSPS) is 14.2. The maximum Gasteiger partial charge on any atom is 0.407 e. The Hall–Kier alpha value is -1.42. The Balaban J connectivity index is 2.84. The van der Waals surface area contributed by atoms with Crippen LogP contribution in [0.4, 0.5) is 4.79 Å². The average molecular weight is 474 g/mol. The van der Waals surface area contributed by atoms with Crippen molar-refractivity contribution in [3.63, 3.8) is 0 Å². The number of alkyl carbamates (subject to hydrolysis) is 1. The second-order valence-electron chi connectivity index (χ2n) is 10.3. The van der Waals surface area contributed by atoms with Gasteiger partial charge in [0.05, 0.1) is 17.5 Å². The fourth-order valence-electron chi connectivity index (χ4n) is 2.29. The highest BCUT2D eigenvalue weighted by Gasteiger charge is 2.37. The zero-order chi connectivity index (χ0) is 24.1. The van der Waals surface area contributed by atoms with Crippen LogP contribution in [0.3, 0.4) is 0 Å². The number of nitrogens with one attached hydrogen (secondary N) is 1. The maximum absolute atomic E-state index is 12.5. The highest BCUT2D eigenvalue weighted by Crippen LogP contribution is 2.36. The Kier molecular flexibility index (Phi) is 9.32. The molecule has 0 fully saturated rings. The average Bonchev–Trinajstić information content (AvgIpc) is 2.57. The molecule has 0 spiro atoms. The number of rotatable bonds is 9. The summed E-state index contributed by atoms with van der Waals surface area (Å²) in [6.07, 6.45) is -0.226. The van der Waals surface area contributed by atoms with Gasteiger partial charge < -0.3 is 14.5 Å². The van der Waals surface area contributed by atoms with Gasteiger partial charge in [0.25, 0.3) is 10.1 Å². The lowest BCUT2D eigenvalue weighted by Crippen LogP contribution is -2.45. The predicted molar refractivity (Wildman–Crippen MR) is 125 cm³/mol. The van der Waals surface area contributed by atoms with E-state index in [1.165, 1.54) is 12.1 Å². The molecule has 0 heterocycles. The molecule has 1 amide bonds. The van der Waals surface area contributed by atoms with Crippen LogP contribution in [0.15, 0.2) is 29.2 Å². The summed E-state index contributed by atoms with van der Waals surface area (Å²) in [5.41, 5.74) is 0.285. The fraction of sp³-hybridized carbons (Fsp3) is 0.682. The lowest BCUT2D eigenvalue weighted by molar-refractivity contribution is 0.0479. The Bertz CT molecular complexity index is 823. The van der Waals surface area contributed by atoms with Crippen LogP contribution in [0.1, 0.15) is 53.5 Å². The Labute approximate surface area is 189 Å². The number of hydrogen-bond acceptors (Lipinski definition) is 6. The number of carbonyl (C=O) groups is 1. The van der Waals surface area contributed by atoms with E-state index in [0.29, 0.717) is 13.0 Å². The summed E-state index contributed by atoms with van der Waals surface area (Å²) in [5.74, 6) is 0. The van der Waals surface area contributed by atoms with Crippen LogP contribution in [0.5, 0.6) is 0 Å². The number of hydrogen-bond donors (Lipinski definition) is 1. The molecule has 0 saturated carbocycles. The molecule has 9 heteroatoms. The van der Waals surface area contributed by atoms with Crippen molar-refractivity contribution >= 4 is 24.5 Å². The molecule has 0 aliphatic heterocycles. The van der Waals surface area contributed by atoms with E-state index in [1.807, 2.05) is 6.92 Å². The Morgan fingerprint density at radius 1 is 1.06 bits per heavy atom. The predicted octanol–water partition coefficient (Wildman–Crippen LogP) is 5.01. The van der Waals surface area contributed by atoms with Gasteiger partial charge in [-0.15, -0.1) is 0 Å². The van der Waals surface area contributed by atoms with E-state index in [-0.39, 0.29) is 16.5 Å². The molecule has 0 bridgehead atoms. The Morgan fingerprint density at radius 2 is 1.61 bits per heavy atom. The standard InChI is InChI=1S/C22H39NO6SSi/c1-17-10-12-19(13-11-17)30(25,26)27-16-18(23-20(24)29-21(2,3)4)14-15-28-31(8,9)22(5,6)7/h10-13,18H,14-16H2,1-9H3,(H,23,24)/t18-/m0/s1. The van der Waals surface area contributed by atoms with Crippen molar-refractivity contribution < 1.29 is 26.6 Å². The fourth-order valence-corrected chi connectivity index (χ4v) is 4.30. The monoisotopic (exact) mass is 473 g/mol. The first-order valence-corrected chi connectivity index (χ1v) is 14.8. The van der Waals surface area contributed by atoms with Gasteiger partial charge in [-0.2, -0.15) is 8.42 Å². The number of amides is 1. The topological polar surface area (TPSA) is 90.9 Å². The third-order valence-corrected chi connectivity index (χ3v) is 11.0. The molecule has 178 valence electrons. The van der Waals surface area contributed by atoms with Crippen molar-refractivity contribution in [3.8, 4) is 0 Å². The summed E-state index contributed by atoms with van der Waals surface area (Å²) in [6.45, 7) is 18.1. The molecule has 7 nitrogen and oxygen atoms in total. The second-order valence-corrected chi connectivity index (χ2v) is 16.7. The first-order chi connectivity index (χ1) is 13.9. The minimum Gasteiger partial charge on any atom is -0.444 e. The van der Waals surface area contributed by atoms with E-state index < -0.39 is 36.2 Å². The van der Waals surface area contributed by atoms with Gasteiger partial charge >= 0.3 is 6.09 Å². The highest BCUT2D eigenvalue weighted by molar-refractivity contribution is 7.86. The second kappa shape index (κ2) is 10.5. The van der Waals surface area contributed by atoms with Crippen LogP contribution in [-0.2, 0) is 23.5 Å². The molecular formula is C22H39NO6SSi. The molecule has 1 aromatic carbocycles. The molecule has 0 aromatic heterocycles. The Morgan fingerprint density at radius 3 is 2.10 bits per heavy atom. The van der Waals surface area contributed by atoms with E-state index in [1.54, 1.807) is 32.9 Å². The molecule has 1 aromatic rings. The van der Waals surface area contributed by atoms with E-state index in [2.05, 4.69) is 39.2 Å². The summed E-state index contributed by atoms with van der Waals surface area (Å²) in [4.78, 5) is 12.3. The van der Waals surface area contributed by atoms with Gasteiger partial charge in [-0.25, -0.2) is 4.79 Å². The highest BCUT2D eigenvalue weighted by atomic mass is 32.2. The van der Waals surface area contributed by atoms with Gasteiger partial charge in [0.1, 0.15) is 5.60 Å². The van der Waals surface area contributed by atoms with Gasteiger partial charge in [0.15, 0.2) is 8.32 Å². The van der Waals surface area contributed by atoms with E-state index in [4.69, 9.17) is 13.3 Å². The van der Waals surface area contributed by atoms with Gasteiger partial charge in [-0.05, 0) is 64.4 Å². The van der Waals surface area contributed by atoms with E-state index >= 15 is 0 Å². The molecule has 1 atom stereocenters. The molecule has 0 radical (unpaired) electrons. The van der Waals surface area contributed by atoms with Crippen molar-refractivity contribution in [2.24, 2.45) is 0 Å². The van der Waals surface area contributed by atoms with Crippen LogP contribution in [0, 0.1) is 6.92 Å². The van der Waals surface area contributed by atoms with E-state index in [9.17, 15) is 13.2 Å². The zero-order valence-electron chi connectivity index (χ0n) is 20.4. The summed E-state index contributed by atoms with van der Waals surface area (Å²) in [7, 11) is -5.91. The quantitative estimate of drug-likeness (QED) is 0.401. The van der Waals surface area contributed by atoms with Crippen molar-refractivity contribution in [1.29, 1.82) is 0 Å². The summed E-state index contributed by atoms with van der Waals surface area (Å²) >= 11 is 0. The first kappa shape index (κ1) is 27.6. The van der Waals surface area contributed by atoms with E-state index in [0.717, 1.165) is 5.56 Å². The molecule has 0 aliphatic rings. The molecule has 0 saturated heterocycles. The van der Waals surface area contributed by atoms with Gasteiger partial charge in [-0.1, -0.05) is 38.5 Å². The van der Waals surface area contributed by atoms with Crippen LogP contribution in [-0.4, -0.2) is 47.7 Å². The number of carbonyl (C=O) groups excluding carboxylic acids is 1. The molecule has 0 unspecified atom stereocenters. The minimum atomic E-state index is -3.94. The maximum atomic E-state index is 12.5. The molecule has 31 heavy (non-hydrogen) atoms. The summed E-state index contributed by atoms with van der Waals surface area (Å²) in [6, 6.07) is 5.84. The summed E-state index contributed by atoms with van der Waals surface area (Å²) < 4.78 is 41.8. The largest absolute Gasteiger partial charge is 0.444 e. The van der Waals surface area contributed by atoms with Crippen LogP contribution in [0.2, 0.25) is 18.1 Å². The lowest BCUT2D eigenvalue weighted by atomic mass is 10.2. The molecule has 0 aliphatic carbocycles. The van der Waals surface area contributed by atoms with Crippen LogP contribution >= 0.6 is 0 Å².